The number of sulfone groups is 1. The van der Waals surface area contributed by atoms with Gasteiger partial charge in [0.1, 0.15) is 21.2 Å². The van der Waals surface area contributed by atoms with Crippen LogP contribution in [0.2, 0.25) is 0 Å². The standard InChI is InChI=1S/C19H26N4O2S/c1-3-9-16-22-17-18(14-10-5-6-11-15(14)21-19(17)20)23(16)12-7-4-8-13-26(2,24)25/h5-6,10-11H,3-4,7-9,12-13H2,1-2H3,(H2,20,21). The summed E-state index contributed by atoms with van der Waals surface area (Å²) in [5.74, 6) is 1.74. The van der Waals surface area contributed by atoms with Crippen molar-refractivity contribution in [2.45, 2.75) is 45.6 Å². The third kappa shape index (κ3) is 3.98. The molecule has 0 saturated carbocycles. The molecule has 7 heteroatoms. The second kappa shape index (κ2) is 7.61. The molecule has 0 radical (unpaired) electrons. The molecule has 140 valence electrons. The Bertz CT molecular complexity index is 1020. The van der Waals surface area contributed by atoms with E-state index in [1.54, 1.807) is 0 Å². The average molecular weight is 375 g/mol. The molecule has 0 aliphatic carbocycles. The number of rotatable bonds is 8. The number of imidazole rings is 1. The first kappa shape index (κ1) is 18.6. The first-order valence-electron chi connectivity index (χ1n) is 9.11. The number of anilines is 1. The Labute approximate surface area is 154 Å². The smallest absolute Gasteiger partial charge is 0.152 e. The predicted molar refractivity (Wildman–Crippen MR) is 107 cm³/mol. The minimum atomic E-state index is -2.89. The Balaban J connectivity index is 1.95. The Morgan fingerprint density at radius 3 is 2.62 bits per heavy atom. The maximum atomic E-state index is 11.3. The van der Waals surface area contributed by atoms with Gasteiger partial charge in [0.25, 0.3) is 0 Å². The van der Waals surface area contributed by atoms with Gasteiger partial charge in [-0.3, -0.25) is 0 Å². The topological polar surface area (TPSA) is 90.9 Å². The molecule has 26 heavy (non-hydrogen) atoms. The van der Waals surface area contributed by atoms with E-state index < -0.39 is 9.84 Å². The van der Waals surface area contributed by atoms with Crippen LogP contribution in [-0.4, -0.2) is 35.0 Å². The highest BCUT2D eigenvalue weighted by molar-refractivity contribution is 7.90. The SMILES string of the molecule is CCCc1nc2c(N)nc3ccccc3c2n1CCCCCS(C)(=O)=O. The van der Waals surface area contributed by atoms with Crippen LogP contribution in [0.1, 0.15) is 38.4 Å². The van der Waals surface area contributed by atoms with Gasteiger partial charge in [-0.1, -0.05) is 31.5 Å². The fraction of sp³-hybridized carbons (Fsp3) is 0.474. The summed E-state index contributed by atoms with van der Waals surface area (Å²) >= 11 is 0. The fourth-order valence-electron chi connectivity index (χ4n) is 3.37. The number of pyridine rings is 1. The highest BCUT2D eigenvalue weighted by Crippen LogP contribution is 2.29. The first-order chi connectivity index (χ1) is 12.4. The summed E-state index contributed by atoms with van der Waals surface area (Å²) in [6, 6.07) is 7.98. The molecule has 2 aromatic heterocycles. The number of nitrogen functional groups attached to an aromatic ring is 1. The zero-order chi connectivity index (χ0) is 18.7. The first-order valence-corrected chi connectivity index (χ1v) is 11.2. The van der Waals surface area contributed by atoms with Crippen molar-refractivity contribution in [2.24, 2.45) is 0 Å². The number of fused-ring (bicyclic) bond motifs is 3. The molecule has 6 nitrogen and oxygen atoms in total. The molecule has 0 fully saturated rings. The van der Waals surface area contributed by atoms with E-state index in [-0.39, 0.29) is 5.75 Å². The number of aryl methyl sites for hydroxylation is 2. The van der Waals surface area contributed by atoms with Gasteiger partial charge in [-0.05, 0) is 25.3 Å². The number of hydrogen-bond acceptors (Lipinski definition) is 5. The van der Waals surface area contributed by atoms with Crippen LogP contribution in [-0.2, 0) is 22.8 Å². The summed E-state index contributed by atoms with van der Waals surface area (Å²) in [4.78, 5) is 9.26. The van der Waals surface area contributed by atoms with Crippen molar-refractivity contribution < 1.29 is 8.42 Å². The number of benzene rings is 1. The van der Waals surface area contributed by atoms with E-state index in [1.807, 2.05) is 18.2 Å². The van der Waals surface area contributed by atoms with Gasteiger partial charge in [-0.15, -0.1) is 0 Å². The second-order valence-electron chi connectivity index (χ2n) is 6.83. The number of aromatic nitrogens is 3. The van der Waals surface area contributed by atoms with Crippen LogP contribution in [0.25, 0.3) is 21.9 Å². The lowest BCUT2D eigenvalue weighted by Gasteiger charge is -2.10. The average Bonchev–Trinajstić information content (AvgIpc) is 2.93. The lowest BCUT2D eigenvalue weighted by Crippen LogP contribution is -2.06. The maximum Gasteiger partial charge on any atom is 0.152 e. The quantitative estimate of drug-likeness (QED) is 0.611. The number of para-hydroxylation sites is 1. The third-order valence-electron chi connectivity index (χ3n) is 4.56. The van der Waals surface area contributed by atoms with Crippen LogP contribution in [0.3, 0.4) is 0 Å². The number of nitrogens with two attached hydrogens (primary N) is 1. The molecule has 0 bridgehead atoms. The zero-order valence-corrected chi connectivity index (χ0v) is 16.2. The minimum absolute atomic E-state index is 0.249. The highest BCUT2D eigenvalue weighted by Gasteiger charge is 2.16. The molecule has 0 aliphatic heterocycles. The summed E-state index contributed by atoms with van der Waals surface area (Å²) < 4.78 is 24.8. The highest BCUT2D eigenvalue weighted by atomic mass is 32.2. The Hall–Kier alpha value is -2.15. The molecule has 2 N–H and O–H groups in total. The van der Waals surface area contributed by atoms with Gasteiger partial charge >= 0.3 is 0 Å². The molecule has 0 spiro atoms. The monoisotopic (exact) mass is 374 g/mol. The maximum absolute atomic E-state index is 11.3. The number of hydrogen-bond donors (Lipinski definition) is 1. The Morgan fingerprint density at radius 2 is 1.88 bits per heavy atom. The lowest BCUT2D eigenvalue weighted by atomic mass is 10.1. The van der Waals surface area contributed by atoms with Crippen molar-refractivity contribution in [3.8, 4) is 0 Å². The molecular weight excluding hydrogens is 348 g/mol. The van der Waals surface area contributed by atoms with Gasteiger partial charge in [-0.25, -0.2) is 18.4 Å². The van der Waals surface area contributed by atoms with Crippen LogP contribution in [0, 0.1) is 0 Å². The van der Waals surface area contributed by atoms with Crippen molar-refractivity contribution in [1.82, 2.24) is 14.5 Å². The molecular formula is C19H26N4O2S. The summed E-state index contributed by atoms with van der Waals surface area (Å²) in [6.45, 7) is 2.94. The molecule has 0 atom stereocenters. The van der Waals surface area contributed by atoms with Crippen LogP contribution >= 0.6 is 0 Å². The molecule has 0 amide bonds. The Kier molecular flexibility index (Phi) is 5.46. The van der Waals surface area contributed by atoms with E-state index in [0.717, 1.165) is 60.0 Å². The largest absolute Gasteiger partial charge is 0.382 e. The van der Waals surface area contributed by atoms with Crippen molar-refractivity contribution >= 4 is 37.6 Å². The van der Waals surface area contributed by atoms with E-state index >= 15 is 0 Å². The number of unbranched alkanes of at least 4 members (excludes halogenated alkanes) is 2. The van der Waals surface area contributed by atoms with Gasteiger partial charge in [0.15, 0.2) is 5.82 Å². The van der Waals surface area contributed by atoms with Crippen molar-refractivity contribution in [3.05, 3.63) is 30.1 Å². The zero-order valence-electron chi connectivity index (χ0n) is 15.4. The van der Waals surface area contributed by atoms with Gasteiger partial charge in [0.2, 0.25) is 0 Å². The van der Waals surface area contributed by atoms with Crippen LogP contribution < -0.4 is 5.73 Å². The number of nitrogens with zero attached hydrogens (tertiary/aromatic N) is 3. The molecule has 2 heterocycles. The molecule has 0 unspecified atom stereocenters. The molecule has 3 aromatic rings. The third-order valence-corrected chi connectivity index (χ3v) is 5.59. The normalized spacial score (nSPS) is 12.2. The van der Waals surface area contributed by atoms with E-state index in [0.29, 0.717) is 12.2 Å². The van der Waals surface area contributed by atoms with E-state index in [2.05, 4.69) is 22.5 Å². The summed E-state index contributed by atoms with van der Waals surface area (Å²) in [6.07, 6.45) is 5.65. The molecule has 1 aromatic carbocycles. The van der Waals surface area contributed by atoms with E-state index in [9.17, 15) is 8.42 Å². The summed E-state index contributed by atoms with van der Waals surface area (Å²) in [7, 11) is -2.89. The van der Waals surface area contributed by atoms with Crippen LogP contribution in [0.4, 0.5) is 5.82 Å². The molecule has 3 rings (SSSR count). The van der Waals surface area contributed by atoms with Crippen molar-refractivity contribution in [2.75, 3.05) is 17.7 Å². The Morgan fingerprint density at radius 1 is 1.12 bits per heavy atom. The lowest BCUT2D eigenvalue weighted by molar-refractivity contribution is 0.575. The van der Waals surface area contributed by atoms with Crippen LogP contribution in [0.5, 0.6) is 0 Å². The minimum Gasteiger partial charge on any atom is -0.382 e. The van der Waals surface area contributed by atoms with Gasteiger partial charge in [0, 0.05) is 30.4 Å². The van der Waals surface area contributed by atoms with Crippen molar-refractivity contribution in [1.29, 1.82) is 0 Å². The summed E-state index contributed by atoms with van der Waals surface area (Å²) in [5, 5.41) is 1.06. The van der Waals surface area contributed by atoms with Gasteiger partial charge < -0.3 is 10.3 Å². The van der Waals surface area contributed by atoms with Crippen molar-refractivity contribution in [3.63, 3.8) is 0 Å². The molecule has 0 aliphatic rings. The van der Waals surface area contributed by atoms with E-state index in [4.69, 9.17) is 10.7 Å². The fourth-order valence-corrected chi connectivity index (χ4v) is 4.10. The van der Waals surface area contributed by atoms with Crippen LogP contribution in [0.15, 0.2) is 24.3 Å². The van der Waals surface area contributed by atoms with Gasteiger partial charge in [0.05, 0.1) is 11.0 Å². The van der Waals surface area contributed by atoms with E-state index in [1.165, 1.54) is 6.26 Å². The summed E-state index contributed by atoms with van der Waals surface area (Å²) in [5.41, 5.74) is 8.85. The second-order valence-corrected chi connectivity index (χ2v) is 9.09. The molecule has 0 saturated heterocycles. The predicted octanol–water partition coefficient (Wildman–Crippen LogP) is 3.33. The van der Waals surface area contributed by atoms with Gasteiger partial charge in [-0.2, -0.15) is 0 Å².